The van der Waals surface area contributed by atoms with Crippen LogP contribution in [0, 0.1) is 0 Å². The van der Waals surface area contributed by atoms with Gasteiger partial charge in [-0.15, -0.1) is 0 Å². The van der Waals surface area contributed by atoms with E-state index in [2.05, 4.69) is 10.3 Å². The van der Waals surface area contributed by atoms with Crippen LogP contribution in [0.3, 0.4) is 0 Å². The maximum absolute atomic E-state index is 13.1. The van der Waals surface area contributed by atoms with Gasteiger partial charge in [0.2, 0.25) is 0 Å². The van der Waals surface area contributed by atoms with E-state index in [0.29, 0.717) is 30.4 Å². The number of fused-ring (bicyclic) bond motifs is 1. The van der Waals surface area contributed by atoms with Crippen LogP contribution < -0.4 is 14.8 Å². The molecule has 0 radical (unpaired) electrons. The molecule has 1 aliphatic heterocycles. The number of nitrogens with zero attached hydrogens (tertiary/aromatic N) is 2. The van der Waals surface area contributed by atoms with Gasteiger partial charge in [-0.05, 0) is 54.7 Å². The minimum absolute atomic E-state index is 0.0392. The number of rotatable bonds is 5. The van der Waals surface area contributed by atoms with Gasteiger partial charge in [-0.1, -0.05) is 12.8 Å². The fourth-order valence-corrected chi connectivity index (χ4v) is 4.16. The number of hydrogen-bond donors (Lipinski definition) is 1. The van der Waals surface area contributed by atoms with Gasteiger partial charge in [-0.25, -0.2) is 4.98 Å². The summed E-state index contributed by atoms with van der Waals surface area (Å²) in [4.78, 5) is 19.4. The first-order valence-corrected chi connectivity index (χ1v) is 9.93. The number of ether oxygens (including phenoxy) is 2. The fraction of sp³-hybridized carbons (Fsp3) is 0.455. The third-order valence-electron chi connectivity index (χ3n) is 5.72. The number of carbonyl (C=O) groups is 1. The molecule has 2 aliphatic rings. The maximum atomic E-state index is 13.1. The molecule has 1 N–H and O–H groups in total. The highest BCUT2D eigenvalue weighted by Gasteiger charge is 2.24. The van der Waals surface area contributed by atoms with Crippen molar-refractivity contribution in [3.8, 4) is 11.5 Å². The number of anilines is 1. The Morgan fingerprint density at radius 1 is 1.11 bits per heavy atom. The van der Waals surface area contributed by atoms with E-state index in [-0.39, 0.29) is 5.91 Å². The van der Waals surface area contributed by atoms with Crippen molar-refractivity contribution in [1.82, 2.24) is 9.88 Å². The summed E-state index contributed by atoms with van der Waals surface area (Å²) in [6, 6.07) is 8.15. The summed E-state index contributed by atoms with van der Waals surface area (Å²) >= 11 is 0. The molecule has 1 aromatic heterocycles. The molecule has 4 rings (SSSR count). The zero-order chi connectivity index (χ0) is 19.5. The van der Waals surface area contributed by atoms with Gasteiger partial charge in [0.05, 0.1) is 14.2 Å². The molecule has 6 heteroatoms. The van der Waals surface area contributed by atoms with Crippen LogP contribution in [0.2, 0.25) is 0 Å². The second-order valence-electron chi connectivity index (χ2n) is 7.51. The van der Waals surface area contributed by atoms with Crippen molar-refractivity contribution in [2.75, 3.05) is 26.1 Å². The lowest BCUT2D eigenvalue weighted by Gasteiger charge is -2.30. The summed E-state index contributed by atoms with van der Waals surface area (Å²) in [5, 5.41) is 3.47. The lowest BCUT2D eigenvalue weighted by atomic mass is 9.98. The van der Waals surface area contributed by atoms with Crippen LogP contribution in [0.4, 0.5) is 5.82 Å². The van der Waals surface area contributed by atoms with Crippen LogP contribution in [0.5, 0.6) is 11.5 Å². The molecule has 0 bridgehead atoms. The Labute approximate surface area is 165 Å². The molecule has 1 saturated carbocycles. The Hall–Kier alpha value is -2.76. The number of amides is 1. The normalized spacial score (nSPS) is 16.6. The third-order valence-corrected chi connectivity index (χ3v) is 5.72. The first-order valence-electron chi connectivity index (χ1n) is 9.93. The van der Waals surface area contributed by atoms with E-state index in [1.807, 2.05) is 23.1 Å². The average molecular weight is 381 g/mol. The van der Waals surface area contributed by atoms with E-state index in [4.69, 9.17) is 9.47 Å². The SMILES string of the molecule is COc1cc2c(cc1OC)CN(C(=O)c1ccnc(NC3CCCC3)c1)CC2. The van der Waals surface area contributed by atoms with Crippen molar-refractivity contribution in [2.45, 2.75) is 44.7 Å². The van der Waals surface area contributed by atoms with Crippen LogP contribution in [0.25, 0.3) is 0 Å². The van der Waals surface area contributed by atoms with Crippen LogP contribution in [0.15, 0.2) is 30.5 Å². The minimum atomic E-state index is 0.0392. The lowest BCUT2D eigenvalue weighted by Crippen LogP contribution is -2.36. The molecule has 148 valence electrons. The molecule has 0 spiro atoms. The summed E-state index contributed by atoms with van der Waals surface area (Å²) in [5.74, 6) is 2.26. The second kappa shape index (κ2) is 8.09. The smallest absolute Gasteiger partial charge is 0.254 e. The van der Waals surface area contributed by atoms with Crippen molar-refractivity contribution in [3.05, 3.63) is 47.2 Å². The van der Waals surface area contributed by atoms with E-state index < -0.39 is 0 Å². The summed E-state index contributed by atoms with van der Waals surface area (Å²) in [7, 11) is 3.27. The molecule has 1 aromatic carbocycles. The predicted molar refractivity (Wildman–Crippen MR) is 108 cm³/mol. The number of methoxy groups -OCH3 is 2. The molecule has 6 nitrogen and oxygen atoms in total. The number of benzene rings is 1. The molecule has 2 aromatic rings. The van der Waals surface area contributed by atoms with Crippen molar-refractivity contribution in [2.24, 2.45) is 0 Å². The first kappa shape index (κ1) is 18.6. The highest BCUT2D eigenvalue weighted by atomic mass is 16.5. The Morgan fingerprint density at radius 2 is 1.82 bits per heavy atom. The number of nitrogens with one attached hydrogen (secondary N) is 1. The molecule has 1 amide bonds. The van der Waals surface area contributed by atoms with Gasteiger partial charge in [-0.3, -0.25) is 4.79 Å². The Bertz CT molecular complexity index is 862. The average Bonchev–Trinajstić information content (AvgIpc) is 3.25. The zero-order valence-electron chi connectivity index (χ0n) is 16.5. The minimum Gasteiger partial charge on any atom is -0.493 e. The highest BCUT2D eigenvalue weighted by molar-refractivity contribution is 5.95. The molecule has 1 aliphatic carbocycles. The van der Waals surface area contributed by atoms with E-state index in [1.54, 1.807) is 26.5 Å². The topological polar surface area (TPSA) is 63.7 Å². The van der Waals surface area contributed by atoms with Gasteiger partial charge in [0.15, 0.2) is 11.5 Å². The first-order chi connectivity index (χ1) is 13.7. The van der Waals surface area contributed by atoms with E-state index >= 15 is 0 Å². The molecule has 0 atom stereocenters. The van der Waals surface area contributed by atoms with E-state index in [0.717, 1.165) is 23.6 Å². The Kier molecular flexibility index (Phi) is 5.37. The third kappa shape index (κ3) is 3.77. The largest absolute Gasteiger partial charge is 0.493 e. The fourth-order valence-electron chi connectivity index (χ4n) is 4.16. The number of pyridine rings is 1. The van der Waals surface area contributed by atoms with Gasteiger partial charge < -0.3 is 19.7 Å². The van der Waals surface area contributed by atoms with Crippen LogP contribution in [0.1, 0.15) is 47.2 Å². The Morgan fingerprint density at radius 3 is 2.54 bits per heavy atom. The maximum Gasteiger partial charge on any atom is 0.254 e. The van der Waals surface area contributed by atoms with Gasteiger partial charge in [0.25, 0.3) is 5.91 Å². The predicted octanol–water partition coefficient (Wildman–Crippen LogP) is 3.65. The van der Waals surface area contributed by atoms with Gasteiger partial charge in [0.1, 0.15) is 5.82 Å². The molecular formula is C22H27N3O3. The van der Waals surface area contributed by atoms with Crippen molar-refractivity contribution in [3.63, 3.8) is 0 Å². The van der Waals surface area contributed by atoms with Gasteiger partial charge in [0, 0.05) is 30.9 Å². The summed E-state index contributed by atoms with van der Waals surface area (Å²) in [6.45, 7) is 1.26. The van der Waals surface area contributed by atoms with Crippen LogP contribution in [-0.2, 0) is 13.0 Å². The number of carbonyl (C=O) groups excluding carboxylic acids is 1. The molecule has 28 heavy (non-hydrogen) atoms. The van der Waals surface area contributed by atoms with E-state index in [9.17, 15) is 4.79 Å². The lowest BCUT2D eigenvalue weighted by molar-refractivity contribution is 0.0734. The van der Waals surface area contributed by atoms with E-state index in [1.165, 1.54) is 31.2 Å². The molecular weight excluding hydrogens is 354 g/mol. The highest BCUT2D eigenvalue weighted by Crippen LogP contribution is 2.33. The monoisotopic (exact) mass is 381 g/mol. The van der Waals surface area contributed by atoms with Crippen LogP contribution in [-0.4, -0.2) is 42.6 Å². The van der Waals surface area contributed by atoms with Crippen LogP contribution >= 0.6 is 0 Å². The molecule has 1 fully saturated rings. The summed E-state index contributed by atoms with van der Waals surface area (Å²) in [5.41, 5.74) is 3.00. The molecule has 2 heterocycles. The zero-order valence-corrected chi connectivity index (χ0v) is 16.5. The Balaban J connectivity index is 1.50. The van der Waals surface area contributed by atoms with Crippen molar-refractivity contribution in [1.29, 1.82) is 0 Å². The van der Waals surface area contributed by atoms with Crippen molar-refractivity contribution < 1.29 is 14.3 Å². The summed E-state index contributed by atoms with van der Waals surface area (Å²) < 4.78 is 10.8. The molecule has 0 unspecified atom stereocenters. The molecule has 0 saturated heterocycles. The van der Waals surface area contributed by atoms with Gasteiger partial charge in [-0.2, -0.15) is 0 Å². The summed E-state index contributed by atoms with van der Waals surface area (Å²) in [6.07, 6.45) is 7.40. The standard InChI is InChI=1S/C22H27N3O3/c1-27-19-11-15-8-10-25(14-17(15)12-20(19)28-2)22(26)16-7-9-23-21(13-16)24-18-5-3-4-6-18/h7,9,11-13,18H,3-6,8,10,14H2,1-2H3,(H,23,24). The number of aromatic nitrogens is 1. The quantitative estimate of drug-likeness (QED) is 0.856. The van der Waals surface area contributed by atoms with Gasteiger partial charge >= 0.3 is 0 Å². The second-order valence-corrected chi connectivity index (χ2v) is 7.51. The number of hydrogen-bond acceptors (Lipinski definition) is 5. The van der Waals surface area contributed by atoms with Crippen molar-refractivity contribution >= 4 is 11.7 Å².